The molecule has 6 heteroatoms. The Morgan fingerprint density at radius 2 is 1.61 bits per heavy atom. The molecule has 0 bridgehead atoms. The smallest absolute Gasteiger partial charge is 0.251 e. The van der Waals surface area contributed by atoms with E-state index < -0.39 is 0 Å². The van der Waals surface area contributed by atoms with Gasteiger partial charge in [-0.3, -0.25) is 14.4 Å². The van der Waals surface area contributed by atoms with Gasteiger partial charge in [0.25, 0.3) is 5.91 Å². The second-order valence-corrected chi connectivity index (χ2v) is 7.16. The van der Waals surface area contributed by atoms with Gasteiger partial charge in [0.2, 0.25) is 11.8 Å². The zero-order valence-corrected chi connectivity index (χ0v) is 16.2. The first-order chi connectivity index (χ1) is 13.4. The van der Waals surface area contributed by atoms with Crippen molar-refractivity contribution in [2.75, 3.05) is 17.2 Å². The number of anilines is 2. The van der Waals surface area contributed by atoms with Crippen LogP contribution in [-0.4, -0.2) is 24.3 Å². The highest BCUT2D eigenvalue weighted by atomic mass is 16.2. The first kappa shape index (κ1) is 19.6. The maximum Gasteiger partial charge on any atom is 0.251 e. The molecule has 0 saturated heterocycles. The zero-order chi connectivity index (χ0) is 20.1. The van der Waals surface area contributed by atoms with Crippen molar-refractivity contribution in [3.8, 4) is 0 Å². The Labute approximate surface area is 164 Å². The fourth-order valence-corrected chi connectivity index (χ4v) is 3.69. The quantitative estimate of drug-likeness (QED) is 0.743. The molecule has 3 rings (SSSR count). The first-order valence-electron chi connectivity index (χ1n) is 9.48. The van der Waals surface area contributed by atoms with E-state index in [0.717, 1.165) is 19.3 Å². The van der Waals surface area contributed by atoms with Crippen LogP contribution >= 0.6 is 0 Å². The third-order valence-electron chi connectivity index (χ3n) is 4.84. The highest BCUT2D eigenvalue weighted by Gasteiger charge is 2.20. The summed E-state index contributed by atoms with van der Waals surface area (Å²) in [4.78, 5) is 35.5. The minimum Gasteiger partial charge on any atom is -0.351 e. The van der Waals surface area contributed by atoms with Crippen LogP contribution in [0.2, 0.25) is 0 Å². The van der Waals surface area contributed by atoms with Crippen molar-refractivity contribution >= 4 is 29.1 Å². The molecule has 3 N–H and O–H groups in total. The van der Waals surface area contributed by atoms with Crippen LogP contribution in [0.3, 0.4) is 0 Å². The van der Waals surface area contributed by atoms with E-state index in [1.54, 1.807) is 18.2 Å². The summed E-state index contributed by atoms with van der Waals surface area (Å²) in [6.45, 7) is 3.34. The summed E-state index contributed by atoms with van der Waals surface area (Å²) in [5.74, 6) is -0.431. The van der Waals surface area contributed by atoms with Crippen LogP contribution in [0.15, 0.2) is 42.5 Å². The maximum absolute atomic E-state index is 12.7. The molecule has 0 heterocycles. The minimum atomic E-state index is -0.245. The molecule has 3 amide bonds. The molecule has 1 aliphatic carbocycles. The van der Waals surface area contributed by atoms with E-state index in [1.807, 2.05) is 6.07 Å². The molecule has 1 atom stereocenters. The Balaban J connectivity index is 1.75. The number of fused-ring (bicyclic) bond motifs is 1. The van der Waals surface area contributed by atoms with Crippen LogP contribution in [0.5, 0.6) is 0 Å². The second-order valence-electron chi connectivity index (χ2n) is 7.16. The summed E-state index contributed by atoms with van der Waals surface area (Å²) in [6.07, 6.45) is 3.24. The summed E-state index contributed by atoms with van der Waals surface area (Å²) in [7, 11) is 0. The molecule has 28 heavy (non-hydrogen) atoms. The van der Waals surface area contributed by atoms with Crippen LogP contribution in [-0.2, 0) is 16.0 Å². The SMILES string of the molecule is CC(=O)Nc1cc(NC(C)=O)cc(C(=O)NCC2CCCc3ccccc32)c1. The molecule has 0 aliphatic heterocycles. The van der Waals surface area contributed by atoms with E-state index in [1.165, 1.54) is 25.0 Å². The van der Waals surface area contributed by atoms with E-state index in [2.05, 4.69) is 34.1 Å². The van der Waals surface area contributed by atoms with Crippen molar-refractivity contribution in [2.45, 2.75) is 39.0 Å². The van der Waals surface area contributed by atoms with Gasteiger partial charge < -0.3 is 16.0 Å². The maximum atomic E-state index is 12.7. The second kappa shape index (κ2) is 8.69. The zero-order valence-electron chi connectivity index (χ0n) is 16.2. The minimum absolute atomic E-state index is 0.234. The number of hydrogen-bond donors (Lipinski definition) is 3. The average molecular weight is 379 g/mol. The number of benzene rings is 2. The molecule has 1 unspecified atom stereocenters. The lowest BCUT2D eigenvalue weighted by Gasteiger charge is -2.25. The highest BCUT2D eigenvalue weighted by molar-refractivity contribution is 5.99. The number of nitrogens with one attached hydrogen (secondary N) is 3. The molecule has 0 saturated carbocycles. The van der Waals surface area contributed by atoms with Gasteiger partial charge in [0.1, 0.15) is 0 Å². The Morgan fingerprint density at radius 1 is 0.964 bits per heavy atom. The van der Waals surface area contributed by atoms with Crippen molar-refractivity contribution in [1.29, 1.82) is 0 Å². The van der Waals surface area contributed by atoms with Gasteiger partial charge in [-0.25, -0.2) is 0 Å². The largest absolute Gasteiger partial charge is 0.351 e. The van der Waals surface area contributed by atoms with E-state index in [0.29, 0.717) is 29.4 Å². The van der Waals surface area contributed by atoms with Crippen LogP contribution in [0, 0.1) is 0 Å². The predicted octanol–water partition coefficient (Wildman–Crippen LogP) is 3.45. The summed E-state index contributed by atoms with van der Waals surface area (Å²) >= 11 is 0. The van der Waals surface area contributed by atoms with Gasteiger partial charge in [0, 0.05) is 43.2 Å². The van der Waals surface area contributed by atoms with Gasteiger partial charge in [-0.15, -0.1) is 0 Å². The lowest BCUT2D eigenvalue weighted by molar-refractivity contribution is -0.115. The highest BCUT2D eigenvalue weighted by Crippen LogP contribution is 2.31. The average Bonchev–Trinajstić information content (AvgIpc) is 2.64. The third-order valence-corrected chi connectivity index (χ3v) is 4.84. The van der Waals surface area contributed by atoms with Crippen LogP contribution in [0.1, 0.15) is 54.1 Å². The van der Waals surface area contributed by atoms with Crippen molar-refractivity contribution in [3.63, 3.8) is 0 Å². The fraction of sp³-hybridized carbons (Fsp3) is 0.318. The molecule has 0 spiro atoms. The fourth-order valence-electron chi connectivity index (χ4n) is 3.69. The number of rotatable bonds is 5. The summed E-state index contributed by atoms with van der Waals surface area (Å²) in [6, 6.07) is 13.2. The van der Waals surface area contributed by atoms with Crippen molar-refractivity contribution in [3.05, 3.63) is 59.2 Å². The van der Waals surface area contributed by atoms with Crippen LogP contribution in [0.4, 0.5) is 11.4 Å². The van der Waals surface area contributed by atoms with Crippen molar-refractivity contribution in [2.24, 2.45) is 0 Å². The molecule has 2 aromatic rings. The molecule has 0 radical (unpaired) electrons. The summed E-state index contributed by atoms with van der Waals surface area (Å²) in [5, 5.41) is 8.33. The number of hydrogen-bond acceptors (Lipinski definition) is 3. The lowest BCUT2D eigenvalue weighted by Crippen LogP contribution is -2.30. The lowest BCUT2D eigenvalue weighted by atomic mass is 9.83. The van der Waals surface area contributed by atoms with Gasteiger partial charge in [-0.1, -0.05) is 24.3 Å². The molecule has 6 nitrogen and oxygen atoms in total. The molecule has 146 valence electrons. The van der Waals surface area contributed by atoms with Gasteiger partial charge >= 0.3 is 0 Å². The Kier molecular flexibility index (Phi) is 6.09. The Bertz CT molecular complexity index is 873. The van der Waals surface area contributed by atoms with Gasteiger partial charge in [-0.05, 0) is 48.6 Å². The normalized spacial score (nSPS) is 15.3. The van der Waals surface area contributed by atoms with Crippen LogP contribution < -0.4 is 16.0 Å². The van der Waals surface area contributed by atoms with Gasteiger partial charge in [-0.2, -0.15) is 0 Å². The summed E-state index contributed by atoms with van der Waals surface area (Å²) in [5.41, 5.74) is 3.98. The van der Waals surface area contributed by atoms with Crippen molar-refractivity contribution < 1.29 is 14.4 Å². The van der Waals surface area contributed by atoms with Gasteiger partial charge in [0.15, 0.2) is 0 Å². The topological polar surface area (TPSA) is 87.3 Å². The van der Waals surface area contributed by atoms with Crippen LogP contribution in [0.25, 0.3) is 0 Å². The van der Waals surface area contributed by atoms with Gasteiger partial charge in [0.05, 0.1) is 0 Å². The van der Waals surface area contributed by atoms with E-state index in [-0.39, 0.29) is 17.7 Å². The Morgan fingerprint density at radius 3 is 2.25 bits per heavy atom. The number of carbonyl (C=O) groups excluding carboxylic acids is 3. The summed E-state index contributed by atoms with van der Waals surface area (Å²) < 4.78 is 0. The molecular formula is C22H25N3O3. The molecular weight excluding hydrogens is 354 g/mol. The number of aryl methyl sites for hydroxylation is 1. The number of amides is 3. The molecule has 1 aliphatic rings. The van der Waals surface area contributed by atoms with Crippen molar-refractivity contribution in [1.82, 2.24) is 5.32 Å². The monoisotopic (exact) mass is 379 g/mol. The third kappa shape index (κ3) is 4.97. The van der Waals surface area contributed by atoms with E-state index >= 15 is 0 Å². The number of carbonyl (C=O) groups is 3. The first-order valence-corrected chi connectivity index (χ1v) is 9.48. The predicted molar refractivity (Wildman–Crippen MR) is 110 cm³/mol. The standard InChI is InChI=1S/C22H25N3O3/c1-14(26)24-19-10-18(11-20(12-19)25-15(2)27)22(28)23-13-17-8-5-7-16-6-3-4-9-21(16)17/h3-4,6,9-12,17H,5,7-8,13H2,1-2H3,(H,23,28)(H,24,26)(H,25,27). The Hall–Kier alpha value is -3.15. The molecule has 2 aromatic carbocycles. The van der Waals surface area contributed by atoms with E-state index in [4.69, 9.17) is 0 Å². The van der Waals surface area contributed by atoms with E-state index in [9.17, 15) is 14.4 Å². The molecule has 0 fully saturated rings. The molecule has 0 aromatic heterocycles.